The number of hydrogen-bond donors (Lipinski definition) is 1. The monoisotopic (exact) mass is 343 g/mol. The molecule has 0 radical (unpaired) electrons. The van der Waals surface area contributed by atoms with E-state index in [2.05, 4.69) is 0 Å². The summed E-state index contributed by atoms with van der Waals surface area (Å²) in [6.45, 7) is -0.393. The maximum atomic E-state index is 12.3. The third-order valence-corrected chi connectivity index (χ3v) is 3.75. The van der Waals surface area contributed by atoms with Crippen LogP contribution in [-0.2, 0) is 16.0 Å². The zero-order valence-corrected chi connectivity index (χ0v) is 14.3. The van der Waals surface area contributed by atoms with E-state index in [1.54, 1.807) is 43.3 Å². The Kier molecular flexibility index (Phi) is 6.39. The Bertz CT molecular complexity index is 710. The first-order valence-electron chi connectivity index (χ1n) is 7.83. The predicted octanol–water partition coefficient (Wildman–Crippen LogP) is 2.75. The lowest BCUT2D eigenvalue weighted by molar-refractivity contribution is -0.139. The second kappa shape index (κ2) is 8.73. The Labute approximate surface area is 146 Å². The van der Waals surface area contributed by atoms with Crippen LogP contribution in [0, 0.1) is 0 Å². The predicted molar refractivity (Wildman–Crippen MR) is 94.3 cm³/mol. The van der Waals surface area contributed by atoms with E-state index < -0.39 is 12.6 Å². The van der Waals surface area contributed by atoms with Gasteiger partial charge in [-0.05, 0) is 48.4 Å². The molecule has 0 aliphatic carbocycles. The van der Waals surface area contributed by atoms with Crippen LogP contribution >= 0.6 is 0 Å². The van der Waals surface area contributed by atoms with E-state index in [0.29, 0.717) is 18.6 Å². The Balaban J connectivity index is 1.89. The summed E-state index contributed by atoms with van der Waals surface area (Å²) in [7, 11) is 3.33. The normalized spacial score (nSPS) is 10.2. The average Bonchev–Trinajstić information content (AvgIpc) is 2.64. The number of nitrogens with zero attached hydrogens (tertiary/aromatic N) is 1. The van der Waals surface area contributed by atoms with E-state index in [1.807, 2.05) is 24.3 Å². The highest BCUT2D eigenvalue weighted by atomic mass is 16.5. The average molecular weight is 343 g/mol. The van der Waals surface area contributed by atoms with Crippen LogP contribution in [0.4, 0.5) is 5.69 Å². The second-order valence-electron chi connectivity index (χ2n) is 5.48. The molecule has 6 nitrogen and oxygen atoms in total. The number of methoxy groups -OCH3 is 1. The minimum absolute atomic E-state index is 0.00461. The number of benzene rings is 2. The summed E-state index contributed by atoms with van der Waals surface area (Å²) < 4.78 is 10.2. The van der Waals surface area contributed by atoms with Crippen molar-refractivity contribution in [3.05, 3.63) is 54.1 Å². The number of amides is 1. The quantitative estimate of drug-likeness (QED) is 0.797. The molecular formula is C19H21NO5. The zero-order valence-electron chi connectivity index (χ0n) is 14.3. The van der Waals surface area contributed by atoms with E-state index in [0.717, 1.165) is 17.0 Å². The van der Waals surface area contributed by atoms with Crippen LogP contribution in [0.3, 0.4) is 0 Å². The fraction of sp³-hybridized carbons (Fsp3) is 0.263. The molecule has 1 N–H and O–H groups in total. The number of anilines is 1. The maximum Gasteiger partial charge on any atom is 0.341 e. The minimum atomic E-state index is -1.03. The van der Waals surface area contributed by atoms with E-state index in [9.17, 15) is 9.59 Å². The lowest BCUT2D eigenvalue weighted by Gasteiger charge is -2.18. The van der Waals surface area contributed by atoms with Crippen LogP contribution in [0.2, 0.25) is 0 Å². The van der Waals surface area contributed by atoms with Crippen molar-refractivity contribution >= 4 is 17.6 Å². The van der Waals surface area contributed by atoms with Crippen molar-refractivity contribution < 1.29 is 24.2 Å². The van der Waals surface area contributed by atoms with Gasteiger partial charge >= 0.3 is 5.97 Å². The Morgan fingerprint density at radius 1 is 1.00 bits per heavy atom. The number of carboxylic acid groups (broad SMARTS) is 1. The molecule has 0 fully saturated rings. The first-order valence-corrected chi connectivity index (χ1v) is 7.83. The molecule has 2 aromatic rings. The summed E-state index contributed by atoms with van der Waals surface area (Å²) in [6, 6.07) is 14.4. The summed E-state index contributed by atoms with van der Waals surface area (Å²) in [5, 5.41) is 8.59. The highest BCUT2D eigenvalue weighted by Crippen LogP contribution is 2.20. The van der Waals surface area contributed by atoms with Gasteiger partial charge < -0.3 is 19.5 Å². The van der Waals surface area contributed by atoms with E-state index in [1.165, 1.54) is 0 Å². The summed E-state index contributed by atoms with van der Waals surface area (Å²) in [6.07, 6.45) is 1.03. The molecule has 0 saturated carbocycles. The van der Waals surface area contributed by atoms with Crippen LogP contribution in [0.15, 0.2) is 48.5 Å². The number of carbonyl (C=O) groups is 2. The van der Waals surface area contributed by atoms with Gasteiger partial charge in [-0.25, -0.2) is 4.79 Å². The fourth-order valence-electron chi connectivity index (χ4n) is 2.27. The third-order valence-electron chi connectivity index (χ3n) is 3.75. The second-order valence-corrected chi connectivity index (χ2v) is 5.48. The fourth-order valence-corrected chi connectivity index (χ4v) is 2.27. The van der Waals surface area contributed by atoms with Gasteiger partial charge in [0.15, 0.2) is 6.61 Å². The Hall–Kier alpha value is -3.02. The van der Waals surface area contributed by atoms with E-state index in [4.69, 9.17) is 14.6 Å². The Morgan fingerprint density at radius 3 is 2.16 bits per heavy atom. The molecule has 0 aliphatic rings. The first-order chi connectivity index (χ1) is 12.0. The lowest BCUT2D eigenvalue weighted by Crippen LogP contribution is -2.26. The zero-order chi connectivity index (χ0) is 18.2. The molecule has 0 aliphatic heterocycles. The molecule has 0 heterocycles. The van der Waals surface area contributed by atoms with Crippen LogP contribution in [0.25, 0.3) is 0 Å². The van der Waals surface area contributed by atoms with Crippen molar-refractivity contribution in [3.8, 4) is 11.5 Å². The van der Waals surface area contributed by atoms with Gasteiger partial charge in [0.25, 0.3) is 0 Å². The number of hydrogen-bond acceptors (Lipinski definition) is 4. The minimum Gasteiger partial charge on any atom is -0.497 e. The van der Waals surface area contributed by atoms with E-state index >= 15 is 0 Å². The van der Waals surface area contributed by atoms with Crippen LogP contribution in [-0.4, -0.2) is 37.7 Å². The number of carboxylic acids is 1. The van der Waals surface area contributed by atoms with Crippen molar-refractivity contribution in [2.45, 2.75) is 12.8 Å². The van der Waals surface area contributed by atoms with Crippen molar-refractivity contribution in [2.75, 3.05) is 25.7 Å². The van der Waals surface area contributed by atoms with Crippen molar-refractivity contribution in [1.82, 2.24) is 0 Å². The SMILES string of the molecule is COc1ccc(CCC(=O)N(C)c2ccc(OCC(=O)O)cc2)cc1. The van der Waals surface area contributed by atoms with Gasteiger partial charge in [-0.3, -0.25) is 4.79 Å². The molecule has 0 spiro atoms. The molecule has 6 heteroatoms. The largest absolute Gasteiger partial charge is 0.497 e. The molecule has 0 unspecified atom stereocenters. The van der Waals surface area contributed by atoms with E-state index in [-0.39, 0.29) is 5.91 Å². The number of carbonyl (C=O) groups excluding carboxylic acids is 1. The van der Waals surface area contributed by atoms with Crippen LogP contribution in [0.5, 0.6) is 11.5 Å². The summed E-state index contributed by atoms with van der Waals surface area (Å²) in [5.41, 5.74) is 1.79. The van der Waals surface area contributed by atoms with Crippen molar-refractivity contribution in [3.63, 3.8) is 0 Å². The summed E-state index contributed by atoms with van der Waals surface area (Å²) >= 11 is 0. The molecular weight excluding hydrogens is 322 g/mol. The molecule has 0 aromatic heterocycles. The molecule has 0 bridgehead atoms. The van der Waals surface area contributed by atoms with Crippen molar-refractivity contribution in [2.24, 2.45) is 0 Å². The number of rotatable bonds is 8. The molecule has 2 aromatic carbocycles. The number of aliphatic carboxylic acids is 1. The standard InChI is InChI=1S/C19H21NO5/c1-20(15-6-10-17(11-7-15)25-13-19(22)23)18(21)12-5-14-3-8-16(24-2)9-4-14/h3-4,6-11H,5,12-13H2,1-2H3,(H,22,23). The number of aryl methyl sites for hydroxylation is 1. The third kappa shape index (κ3) is 5.53. The summed E-state index contributed by atoms with van der Waals surface area (Å²) in [5.74, 6) is 0.201. The van der Waals surface area contributed by atoms with Crippen LogP contribution < -0.4 is 14.4 Å². The molecule has 0 atom stereocenters. The van der Waals surface area contributed by atoms with Gasteiger partial charge in [0.1, 0.15) is 11.5 Å². The van der Waals surface area contributed by atoms with Gasteiger partial charge in [-0.2, -0.15) is 0 Å². The molecule has 1 amide bonds. The molecule has 25 heavy (non-hydrogen) atoms. The highest BCUT2D eigenvalue weighted by molar-refractivity contribution is 5.92. The lowest BCUT2D eigenvalue weighted by atomic mass is 10.1. The van der Waals surface area contributed by atoms with Gasteiger partial charge in [0.05, 0.1) is 7.11 Å². The highest BCUT2D eigenvalue weighted by Gasteiger charge is 2.11. The van der Waals surface area contributed by atoms with Crippen LogP contribution in [0.1, 0.15) is 12.0 Å². The van der Waals surface area contributed by atoms with Gasteiger partial charge in [0, 0.05) is 19.2 Å². The smallest absolute Gasteiger partial charge is 0.341 e. The first kappa shape index (κ1) is 18.3. The summed E-state index contributed by atoms with van der Waals surface area (Å²) in [4.78, 5) is 24.4. The van der Waals surface area contributed by atoms with Gasteiger partial charge in [-0.1, -0.05) is 12.1 Å². The van der Waals surface area contributed by atoms with Crippen molar-refractivity contribution in [1.29, 1.82) is 0 Å². The maximum absolute atomic E-state index is 12.3. The Morgan fingerprint density at radius 2 is 1.60 bits per heavy atom. The topological polar surface area (TPSA) is 76.1 Å². The van der Waals surface area contributed by atoms with Gasteiger partial charge in [-0.15, -0.1) is 0 Å². The number of ether oxygens (including phenoxy) is 2. The molecule has 132 valence electrons. The molecule has 2 rings (SSSR count). The van der Waals surface area contributed by atoms with Gasteiger partial charge in [0.2, 0.25) is 5.91 Å². The molecule has 0 saturated heterocycles.